The molecule has 3 heteroatoms. The van der Waals surface area contributed by atoms with Gasteiger partial charge in [-0.25, -0.2) is 0 Å². The number of halogens is 1. The fourth-order valence-electron chi connectivity index (χ4n) is 1.69. The van der Waals surface area contributed by atoms with E-state index < -0.39 is 6.10 Å². The molecule has 0 radical (unpaired) electrons. The van der Waals surface area contributed by atoms with Crippen molar-refractivity contribution < 1.29 is 5.11 Å². The molecular weight excluding hydrogens is 198 g/mol. The summed E-state index contributed by atoms with van der Waals surface area (Å²) in [6, 6.07) is 7.93. The Kier molecular flexibility index (Phi) is 3.06. The zero-order chi connectivity index (χ0) is 9.97. The molecule has 2 nitrogen and oxygen atoms in total. The summed E-state index contributed by atoms with van der Waals surface area (Å²) in [5, 5.41) is 13.8. The highest BCUT2D eigenvalue weighted by Crippen LogP contribution is 2.27. The van der Waals surface area contributed by atoms with Gasteiger partial charge < -0.3 is 10.4 Å². The molecule has 1 heterocycles. The van der Waals surface area contributed by atoms with Crippen molar-refractivity contribution in [3.8, 4) is 0 Å². The summed E-state index contributed by atoms with van der Waals surface area (Å²) in [6.45, 7) is 1.07. The van der Waals surface area contributed by atoms with E-state index >= 15 is 0 Å². The van der Waals surface area contributed by atoms with Crippen LogP contribution in [0.2, 0.25) is 5.02 Å². The zero-order valence-corrected chi connectivity index (χ0v) is 8.67. The van der Waals surface area contributed by atoms with E-state index in [0.717, 1.165) is 24.9 Å². The van der Waals surface area contributed by atoms with Crippen LogP contribution < -0.4 is 5.32 Å². The number of aliphatic hydroxyl groups excluding tert-OH is 1. The summed E-state index contributed by atoms with van der Waals surface area (Å²) in [4.78, 5) is 0. The summed E-state index contributed by atoms with van der Waals surface area (Å²) in [6.07, 6.45) is 1.46. The predicted molar refractivity (Wildman–Crippen MR) is 57.4 cm³/mol. The third-order valence-electron chi connectivity index (χ3n) is 2.70. The van der Waals surface area contributed by atoms with Gasteiger partial charge in [0, 0.05) is 11.1 Å². The quantitative estimate of drug-likeness (QED) is 0.803. The maximum Gasteiger partial charge on any atom is 0.0819 e. The normalized spacial score (nSPS) is 22.9. The van der Waals surface area contributed by atoms with E-state index in [1.54, 1.807) is 0 Å². The Bertz CT molecular complexity index is 312. The smallest absolute Gasteiger partial charge is 0.0819 e. The van der Waals surface area contributed by atoms with E-state index in [4.69, 9.17) is 11.6 Å². The van der Waals surface area contributed by atoms with Gasteiger partial charge in [0.1, 0.15) is 0 Å². The van der Waals surface area contributed by atoms with Crippen LogP contribution in [0.15, 0.2) is 24.3 Å². The van der Waals surface area contributed by atoms with Gasteiger partial charge >= 0.3 is 0 Å². The fourth-order valence-corrected chi connectivity index (χ4v) is 1.95. The van der Waals surface area contributed by atoms with E-state index in [-0.39, 0.29) is 0 Å². The van der Waals surface area contributed by atoms with E-state index in [2.05, 4.69) is 5.32 Å². The highest BCUT2D eigenvalue weighted by Gasteiger charge is 2.21. The van der Waals surface area contributed by atoms with Gasteiger partial charge in [-0.2, -0.15) is 0 Å². The molecule has 2 N–H and O–H groups in total. The summed E-state index contributed by atoms with van der Waals surface area (Å²) < 4.78 is 0. The lowest BCUT2D eigenvalue weighted by Crippen LogP contribution is -2.43. The largest absolute Gasteiger partial charge is 0.388 e. The van der Waals surface area contributed by atoms with Gasteiger partial charge in [-0.1, -0.05) is 29.8 Å². The number of hydrogen-bond donors (Lipinski definition) is 2. The van der Waals surface area contributed by atoms with Crippen LogP contribution in [-0.2, 0) is 0 Å². The molecule has 0 aliphatic carbocycles. The maximum absolute atomic E-state index is 9.91. The SMILES string of the molecule is OC(CC1CCN1)c1ccccc1Cl. The van der Waals surface area contributed by atoms with Crippen molar-refractivity contribution in [2.75, 3.05) is 6.54 Å². The van der Waals surface area contributed by atoms with Crippen LogP contribution in [0.25, 0.3) is 0 Å². The molecule has 1 fully saturated rings. The standard InChI is InChI=1S/C11H14ClNO/c12-10-4-2-1-3-9(10)11(14)7-8-5-6-13-8/h1-4,8,11,13-14H,5-7H2. The Morgan fingerprint density at radius 2 is 2.21 bits per heavy atom. The van der Waals surface area contributed by atoms with E-state index in [1.165, 1.54) is 0 Å². The van der Waals surface area contributed by atoms with Crippen molar-refractivity contribution in [3.05, 3.63) is 34.9 Å². The molecule has 0 bridgehead atoms. The van der Waals surface area contributed by atoms with Gasteiger partial charge in [-0.05, 0) is 31.0 Å². The third-order valence-corrected chi connectivity index (χ3v) is 3.04. The van der Waals surface area contributed by atoms with E-state index in [9.17, 15) is 5.11 Å². The Morgan fingerprint density at radius 1 is 1.50 bits per heavy atom. The minimum absolute atomic E-state index is 0.443. The molecule has 2 atom stereocenters. The lowest BCUT2D eigenvalue weighted by Gasteiger charge is -2.29. The van der Waals surface area contributed by atoms with Gasteiger partial charge in [0.05, 0.1) is 6.10 Å². The summed E-state index contributed by atoms with van der Waals surface area (Å²) in [5.41, 5.74) is 0.836. The van der Waals surface area contributed by atoms with E-state index in [1.807, 2.05) is 24.3 Å². The van der Waals surface area contributed by atoms with Crippen LogP contribution in [0.3, 0.4) is 0 Å². The van der Waals surface area contributed by atoms with Crippen molar-refractivity contribution in [2.24, 2.45) is 0 Å². The van der Waals surface area contributed by atoms with Crippen molar-refractivity contribution in [3.63, 3.8) is 0 Å². The fraction of sp³-hybridized carbons (Fsp3) is 0.455. The summed E-state index contributed by atoms with van der Waals surface area (Å²) in [5.74, 6) is 0. The molecule has 76 valence electrons. The molecule has 14 heavy (non-hydrogen) atoms. The van der Waals surface area contributed by atoms with E-state index in [0.29, 0.717) is 11.1 Å². The average molecular weight is 212 g/mol. The molecule has 1 aromatic rings. The predicted octanol–water partition coefficient (Wildman–Crippen LogP) is 2.13. The van der Waals surface area contributed by atoms with Crippen LogP contribution in [0.5, 0.6) is 0 Å². The first-order valence-electron chi connectivity index (χ1n) is 4.93. The second kappa shape index (κ2) is 4.30. The lowest BCUT2D eigenvalue weighted by atomic mass is 9.96. The molecule has 1 aliphatic rings. The molecule has 0 aromatic heterocycles. The molecule has 0 amide bonds. The molecular formula is C11H14ClNO. The molecule has 0 saturated carbocycles. The zero-order valence-electron chi connectivity index (χ0n) is 7.91. The van der Waals surface area contributed by atoms with Gasteiger partial charge in [-0.3, -0.25) is 0 Å². The van der Waals surface area contributed by atoms with Crippen LogP contribution in [0.1, 0.15) is 24.5 Å². The van der Waals surface area contributed by atoms with Crippen LogP contribution >= 0.6 is 11.6 Å². The monoisotopic (exact) mass is 211 g/mol. The topological polar surface area (TPSA) is 32.3 Å². The first kappa shape index (κ1) is 9.97. The number of benzene rings is 1. The Hall–Kier alpha value is -0.570. The number of nitrogens with one attached hydrogen (secondary N) is 1. The molecule has 1 aromatic carbocycles. The summed E-state index contributed by atoms with van der Waals surface area (Å²) in [7, 11) is 0. The number of rotatable bonds is 3. The highest BCUT2D eigenvalue weighted by molar-refractivity contribution is 6.31. The molecule has 1 aliphatic heterocycles. The number of hydrogen-bond acceptors (Lipinski definition) is 2. The maximum atomic E-state index is 9.91. The Balaban J connectivity index is 2.02. The first-order valence-corrected chi connectivity index (χ1v) is 5.31. The van der Waals surface area contributed by atoms with Crippen LogP contribution in [0.4, 0.5) is 0 Å². The van der Waals surface area contributed by atoms with Crippen LogP contribution in [-0.4, -0.2) is 17.7 Å². The van der Waals surface area contributed by atoms with Gasteiger partial charge in [0.2, 0.25) is 0 Å². The van der Waals surface area contributed by atoms with Gasteiger partial charge in [-0.15, -0.1) is 0 Å². The Labute approximate surface area is 88.9 Å². The van der Waals surface area contributed by atoms with Gasteiger partial charge in [0.15, 0.2) is 0 Å². The average Bonchev–Trinajstić information content (AvgIpc) is 2.12. The molecule has 2 rings (SSSR count). The third kappa shape index (κ3) is 2.08. The van der Waals surface area contributed by atoms with Crippen molar-refractivity contribution in [2.45, 2.75) is 25.0 Å². The Morgan fingerprint density at radius 3 is 2.79 bits per heavy atom. The molecule has 1 saturated heterocycles. The summed E-state index contributed by atoms with van der Waals surface area (Å²) >= 11 is 5.98. The van der Waals surface area contributed by atoms with Gasteiger partial charge in [0.25, 0.3) is 0 Å². The van der Waals surface area contributed by atoms with Crippen molar-refractivity contribution in [1.29, 1.82) is 0 Å². The minimum atomic E-state index is -0.443. The van der Waals surface area contributed by atoms with Crippen LogP contribution in [0, 0.1) is 0 Å². The lowest BCUT2D eigenvalue weighted by molar-refractivity contribution is 0.136. The minimum Gasteiger partial charge on any atom is -0.388 e. The highest BCUT2D eigenvalue weighted by atomic mass is 35.5. The number of aliphatic hydroxyl groups is 1. The first-order chi connectivity index (χ1) is 6.77. The molecule has 2 unspecified atom stereocenters. The van der Waals surface area contributed by atoms with Crippen molar-refractivity contribution >= 4 is 11.6 Å². The molecule has 0 spiro atoms. The second-order valence-corrected chi connectivity index (χ2v) is 4.12. The van der Waals surface area contributed by atoms with Crippen molar-refractivity contribution in [1.82, 2.24) is 5.32 Å². The second-order valence-electron chi connectivity index (χ2n) is 3.71.